The Morgan fingerprint density at radius 2 is 2.17 bits per heavy atom. The summed E-state index contributed by atoms with van der Waals surface area (Å²) in [4.78, 5) is 25.5. The molecule has 2 saturated heterocycles. The second kappa shape index (κ2) is 6.84. The molecular formula is C19H18BrN5O4. The van der Waals surface area contributed by atoms with Crippen molar-refractivity contribution >= 4 is 38.8 Å². The topological polar surface area (TPSA) is 111 Å². The summed E-state index contributed by atoms with van der Waals surface area (Å²) >= 11 is 3.45. The van der Waals surface area contributed by atoms with Gasteiger partial charge in [0.05, 0.1) is 6.61 Å². The summed E-state index contributed by atoms with van der Waals surface area (Å²) in [5, 5.41) is 13.4. The molecule has 2 bridgehead atoms. The highest BCUT2D eigenvalue weighted by Crippen LogP contribution is 2.48. The summed E-state index contributed by atoms with van der Waals surface area (Å²) in [7, 11) is 0. The number of carbonyl (C=O) groups excluding carboxylic acids is 1. The number of nitrogens with one attached hydrogen (secondary N) is 1. The van der Waals surface area contributed by atoms with Gasteiger partial charge in [0, 0.05) is 5.56 Å². The van der Waals surface area contributed by atoms with Gasteiger partial charge >= 0.3 is 0 Å². The minimum absolute atomic E-state index is 0.290. The number of fused-ring (bicyclic) bond motifs is 3. The minimum atomic E-state index is -0.735. The Kier molecular flexibility index (Phi) is 4.39. The minimum Gasteiger partial charge on any atom is -0.387 e. The van der Waals surface area contributed by atoms with Crippen LogP contribution in [-0.2, 0) is 9.47 Å². The first-order valence-electron chi connectivity index (χ1n) is 9.26. The molecule has 3 aromatic rings. The summed E-state index contributed by atoms with van der Waals surface area (Å²) in [6, 6.07) is 8.85. The van der Waals surface area contributed by atoms with Crippen LogP contribution in [0.15, 0.2) is 41.4 Å². The fourth-order valence-corrected chi connectivity index (χ4v) is 4.47. The van der Waals surface area contributed by atoms with Crippen LogP contribution < -0.4 is 5.32 Å². The number of halogens is 1. The van der Waals surface area contributed by atoms with Gasteiger partial charge in [0.15, 0.2) is 27.9 Å². The van der Waals surface area contributed by atoms with Gasteiger partial charge in [0.1, 0.15) is 24.1 Å². The van der Waals surface area contributed by atoms with E-state index in [9.17, 15) is 9.90 Å². The number of benzene rings is 1. The number of rotatable bonds is 4. The number of amides is 1. The van der Waals surface area contributed by atoms with Gasteiger partial charge in [-0.3, -0.25) is 9.36 Å². The van der Waals surface area contributed by atoms with Crippen molar-refractivity contribution in [3.05, 3.63) is 47.0 Å². The van der Waals surface area contributed by atoms with E-state index in [1.807, 2.05) is 13.0 Å². The first-order chi connectivity index (χ1) is 14.0. The molecule has 0 saturated carbocycles. The molecule has 4 atom stereocenters. The molecule has 10 heteroatoms. The number of aliphatic hydroxyl groups excluding tert-OH is 1. The molecule has 150 valence electrons. The van der Waals surface area contributed by atoms with E-state index in [0.717, 1.165) is 0 Å². The van der Waals surface area contributed by atoms with Gasteiger partial charge in [0.2, 0.25) is 0 Å². The molecule has 2 aromatic heterocycles. The van der Waals surface area contributed by atoms with E-state index >= 15 is 0 Å². The molecule has 5 rings (SSSR count). The summed E-state index contributed by atoms with van der Waals surface area (Å²) in [5.74, 6) is -0.00531. The zero-order chi connectivity index (χ0) is 20.2. The Morgan fingerprint density at radius 1 is 1.38 bits per heavy atom. The standard InChI is InChI=1S/C19H18BrN5O4/c1-2-19-8-28-12(13(19)26)17(29-19)25-15-11(23-18(25)20)14(21-9-22-15)24-16(27)10-6-4-3-5-7-10/h3-7,9,12-13,17,26H,2,8H2,1H3,(H,21,22,24,27)/t12?,13-,17-,19+/m1/s1. The van der Waals surface area contributed by atoms with Crippen LogP contribution >= 0.6 is 15.9 Å². The predicted octanol–water partition coefficient (Wildman–Crippen LogP) is 2.28. The van der Waals surface area contributed by atoms with Crippen molar-refractivity contribution in [2.45, 2.75) is 37.4 Å². The van der Waals surface area contributed by atoms with Gasteiger partial charge in [-0.1, -0.05) is 25.1 Å². The van der Waals surface area contributed by atoms with Crippen LogP contribution in [-0.4, -0.2) is 54.9 Å². The van der Waals surface area contributed by atoms with E-state index in [-0.39, 0.29) is 11.7 Å². The number of aromatic nitrogens is 4. The lowest BCUT2D eigenvalue weighted by atomic mass is 9.96. The monoisotopic (exact) mass is 459 g/mol. The van der Waals surface area contributed by atoms with E-state index < -0.39 is 24.0 Å². The van der Waals surface area contributed by atoms with Crippen molar-refractivity contribution in [1.29, 1.82) is 0 Å². The molecule has 2 fully saturated rings. The number of nitrogens with zero attached hydrogens (tertiary/aromatic N) is 4. The molecular weight excluding hydrogens is 442 g/mol. The zero-order valence-electron chi connectivity index (χ0n) is 15.4. The van der Waals surface area contributed by atoms with Gasteiger partial charge < -0.3 is 19.9 Å². The molecule has 1 aromatic carbocycles. The summed E-state index contributed by atoms with van der Waals surface area (Å²) < 4.78 is 14.2. The third-order valence-electron chi connectivity index (χ3n) is 5.56. The smallest absolute Gasteiger partial charge is 0.256 e. The van der Waals surface area contributed by atoms with E-state index in [1.165, 1.54) is 6.33 Å². The molecule has 2 aliphatic rings. The number of anilines is 1. The van der Waals surface area contributed by atoms with E-state index in [0.29, 0.717) is 34.5 Å². The molecule has 1 unspecified atom stereocenters. The largest absolute Gasteiger partial charge is 0.387 e. The zero-order valence-corrected chi connectivity index (χ0v) is 17.0. The van der Waals surface area contributed by atoms with Gasteiger partial charge in [0.25, 0.3) is 5.91 Å². The molecule has 0 radical (unpaired) electrons. The maximum absolute atomic E-state index is 12.5. The van der Waals surface area contributed by atoms with Crippen LogP contribution in [0.5, 0.6) is 0 Å². The molecule has 0 aliphatic carbocycles. The SMILES string of the molecule is CC[C@@]12COC([C@H](n3c(Br)nc4c(NC(=O)c5ccccc5)ncnc43)O1)[C@H]2O. The van der Waals surface area contributed by atoms with Crippen molar-refractivity contribution in [2.24, 2.45) is 0 Å². The van der Waals surface area contributed by atoms with Crippen LogP contribution in [0, 0.1) is 0 Å². The maximum atomic E-state index is 12.5. The predicted molar refractivity (Wildman–Crippen MR) is 106 cm³/mol. The number of aliphatic hydroxyl groups is 1. The fraction of sp³-hybridized carbons (Fsp3) is 0.368. The van der Waals surface area contributed by atoms with Crippen molar-refractivity contribution in [1.82, 2.24) is 19.5 Å². The Balaban J connectivity index is 1.52. The first-order valence-corrected chi connectivity index (χ1v) is 10.1. The Labute approximate surface area is 174 Å². The third kappa shape index (κ3) is 2.78. The van der Waals surface area contributed by atoms with E-state index in [4.69, 9.17) is 9.47 Å². The number of hydrogen-bond donors (Lipinski definition) is 2. The van der Waals surface area contributed by atoms with Gasteiger partial charge in [-0.2, -0.15) is 0 Å². The summed E-state index contributed by atoms with van der Waals surface area (Å²) in [6.45, 7) is 2.31. The van der Waals surface area contributed by atoms with Crippen molar-refractivity contribution in [3.8, 4) is 0 Å². The average Bonchev–Trinajstić information content (AvgIpc) is 3.35. The Hall–Kier alpha value is -2.40. The normalized spacial score (nSPS) is 28.2. The Morgan fingerprint density at radius 3 is 2.90 bits per heavy atom. The van der Waals surface area contributed by atoms with Crippen LogP contribution in [0.3, 0.4) is 0 Å². The number of carbonyl (C=O) groups is 1. The molecule has 9 nitrogen and oxygen atoms in total. The van der Waals surface area contributed by atoms with Crippen molar-refractivity contribution in [3.63, 3.8) is 0 Å². The molecule has 29 heavy (non-hydrogen) atoms. The maximum Gasteiger partial charge on any atom is 0.256 e. The average molecular weight is 460 g/mol. The second-order valence-electron chi connectivity index (χ2n) is 7.11. The second-order valence-corrected chi connectivity index (χ2v) is 7.82. The van der Waals surface area contributed by atoms with Crippen LogP contribution in [0.2, 0.25) is 0 Å². The van der Waals surface area contributed by atoms with Gasteiger partial charge in [-0.15, -0.1) is 0 Å². The quantitative estimate of drug-likeness (QED) is 0.575. The highest BCUT2D eigenvalue weighted by atomic mass is 79.9. The van der Waals surface area contributed by atoms with Gasteiger partial charge in [-0.25, -0.2) is 15.0 Å². The lowest BCUT2D eigenvalue weighted by Gasteiger charge is -2.30. The number of hydrogen-bond acceptors (Lipinski definition) is 7. The van der Waals surface area contributed by atoms with E-state index in [2.05, 4.69) is 36.2 Å². The molecule has 4 heterocycles. The number of imidazole rings is 1. The van der Waals surface area contributed by atoms with E-state index in [1.54, 1.807) is 28.8 Å². The fourth-order valence-electron chi connectivity index (χ4n) is 3.93. The molecule has 2 aliphatic heterocycles. The van der Waals surface area contributed by atoms with Crippen LogP contribution in [0.4, 0.5) is 5.82 Å². The van der Waals surface area contributed by atoms with Gasteiger partial charge in [-0.05, 0) is 34.5 Å². The molecule has 0 spiro atoms. The summed E-state index contributed by atoms with van der Waals surface area (Å²) in [5.41, 5.74) is 0.656. The van der Waals surface area contributed by atoms with Crippen LogP contribution in [0.25, 0.3) is 11.2 Å². The lowest BCUT2D eigenvalue weighted by Crippen LogP contribution is -2.39. The lowest BCUT2D eigenvalue weighted by molar-refractivity contribution is -0.173. The van der Waals surface area contributed by atoms with Crippen LogP contribution in [0.1, 0.15) is 29.9 Å². The summed E-state index contributed by atoms with van der Waals surface area (Å²) in [6.07, 6.45) is 0.124. The van der Waals surface area contributed by atoms with Crippen molar-refractivity contribution < 1.29 is 19.4 Å². The van der Waals surface area contributed by atoms with Crippen molar-refractivity contribution in [2.75, 3.05) is 11.9 Å². The highest BCUT2D eigenvalue weighted by molar-refractivity contribution is 9.10. The Bertz CT molecular complexity index is 1090. The first kappa shape index (κ1) is 18.6. The molecule has 2 N–H and O–H groups in total. The third-order valence-corrected chi connectivity index (χ3v) is 6.12. The number of ether oxygens (including phenoxy) is 2. The molecule has 1 amide bonds. The highest BCUT2D eigenvalue weighted by Gasteiger charge is 2.61.